The second kappa shape index (κ2) is 8.63. The molecule has 0 saturated heterocycles. The van der Waals surface area contributed by atoms with Crippen molar-refractivity contribution in [2.75, 3.05) is 14.2 Å². The smallest absolute Gasteiger partial charge is 0.328 e. The lowest BCUT2D eigenvalue weighted by molar-refractivity contribution is -0.132. The molecule has 8 heteroatoms. The normalized spacial score (nSPS) is 11.1. The van der Waals surface area contributed by atoms with E-state index < -0.39 is 11.9 Å². The highest BCUT2D eigenvalue weighted by Crippen LogP contribution is 2.45. The number of benzene rings is 2. The summed E-state index contributed by atoms with van der Waals surface area (Å²) in [6, 6.07) is 5.77. The molecular weight excluding hydrogens is 370 g/mol. The molecule has 0 aliphatic heterocycles. The van der Waals surface area contributed by atoms with Crippen LogP contribution in [0.5, 0.6) is 23.0 Å². The summed E-state index contributed by atoms with van der Waals surface area (Å²) < 4.78 is 10.2. The number of hydrogen-bond donors (Lipinski definition) is 4. The van der Waals surface area contributed by atoms with Crippen molar-refractivity contribution in [2.45, 2.75) is 0 Å². The van der Waals surface area contributed by atoms with E-state index in [1.54, 1.807) is 0 Å². The van der Waals surface area contributed by atoms with Gasteiger partial charge in [-0.05, 0) is 47.5 Å². The second-order valence-electron chi connectivity index (χ2n) is 5.58. The number of hydrogen-bond acceptors (Lipinski definition) is 6. The zero-order chi connectivity index (χ0) is 20.8. The molecule has 2 aromatic rings. The van der Waals surface area contributed by atoms with Crippen LogP contribution in [0.15, 0.2) is 36.4 Å². The number of rotatable bonds is 7. The Bertz CT molecular complexity index is 893. The summed E-state index contributed by atoms with van der Waals surface area (Å²) in [6.07, 6.45) is 4.44. The summed E-state index contributed by atoms with van der Waals surface area (Å²) in [5.41, 5.74) is 1.09. The standard InChI is InChI=1S/C20H18O8/c1-27-15-9-11(3-5-17(21)22)7-13(19(15)25)14-8-12(4-6-18(23)24)10-16(28-2)20(14)26/h3-10,25-26H,1-2H3,(H,21,22)(H,23,24)/b5-3+,6-4+/i17+1,18+1. The minimum atomic E-state index is -1.15. The van der Waals surface area contributed by atoms with E-state index in [0.29, 0.717) is 11.1 Å². The van der Waals surface area contributed by atoms with Gasteiger partial charge in [-0.1, -0.05) is 0 Å². The predicted molar refractivity (Wildman–Crippen MR) is 102 cm³/mol. The molecule has 2 aromatic carbocycles. The van der Waals surface area contributed by atoms with E-state index in [9.17, 15) is 19.8 Å². The van der Waals surface area contributed by atoms with Crippen molar-refractivity contribution in [3.05, 3.63) is 47.5 Å². The first-order valence-electron chi connectivity index (χ1n) is 7.91. The Morgan fingerprint density at radius 1 is 0.750 bits per heavy atom. The summed E-state index contributed by atoms with van der Waals surface area (Å²) in [4.78, 5) is 21.6. The van der Waals surface area contributed by atoms with Crippen LogP contribution >= 0.6 is 0 Å². The highest BCUT2D eigenvalue weighted by molar-refractivity contribution is 5.89. The molecule has 2 rings (SSSR count). The van der Waals surface area contributed by atoms with Crippen molar-refractivity contribution in [2.24, 2.45) is 0 Å². The number of carboxylic acids is 2. The summed E-state index contributed by atoms with van der Waals surface area (Å²) in [5, 5.41) is 38.7. The molecule has 0 amide bonds. The molecule has 0 radical (unpaired) electrons. The Morgan fingerprint density at radius 3 is 1.39 bits per heavy atom. The van der Waals surface area contributed by atoms with E-state index in [0.717, 1.165) is 12.2 Å². The number of methoxy groups -OCH3 is 2. The SMILES string of the molecule is COc1cc(/C=C/[13C](=O)O)cc(-c2cc(/C=C/[13C](=O)O)cc(OC)c2O)c1O. The molecule has 0 bridgehead atoms. The third-order valence-corrected chi connectivity index (χ3v) is 3.76. The van der Waals surface area contributed by atoms with E-state index in [-0.39, 0.29) is 34.1 Å². The molecule has 28 heavy (non-hydrogen) atoms. The van der Waals surface area contributed by atoms with E-state index in [1.807, 2.05) is 0 Å². The van der Waals surface area contributed by atoms with Gasteiger partial charge < -0.3 is 29.9 Å². The molecule has 0 spiro atoms. The Labute approximate surface area is 160 Å². The minimum Gasteiger partial charge on any atom is -0.504 e. The van der Waals surface area contributed by atoms with Gasteiger partial charge in [0, 0.05) is 23.3 Å². The molecule has 0 aliphatic carbocycles. The summed E-state index contributed by atoms with van der Waals surface area (Å²) >= 11 is 0. The summed E-state index contributed by atoms with van der Waals surface area (Å²) in [6.45, 7) is 0. The zero-order valence-corrected chi connectivity index (χ0v) is 15.0. The second-order valence-corrected chi connectivity index (χ2v) is 5.58. The largest absolute Gasteiger partial charge is 0.504 e. The fourth-order valence-electron chi connectivity index (χ4n) is 2.51. The molecule has 8 nitrogen and oxygen atoms in total. The van der Waals surface area contributed by atoms with Crippen molar-refractivity contribution in [3.63, 3.8) is 0 Å². The van der Waals surface area contributed by atoms with Crippen LogP contribution in [0.2, 0.25) is 0 Å². The maximum atomic E-state index is 10.8. The van der Waals surface area contributed by atoms with Gasteiger partial charge in [0.05, 0.1) is 14.2 Å². The lowest BCUT2D eigenvalue weighted by Gasteiger charge is -2.15. The Balaban J connectivity index is 2.74. The molecule has 0 aliphatic rings. The first-order chi connectivity index (χ1) is 13.3. The number of aromatic hydroxyl groups is 2. The molecule has 0 saturated carbocycles. The summed E-state index contributed by atoms with van der Waals surface area (Å²) in [5.74, 6) is -2.75. The third-order valence-electron chi connectivity index (χ3n) is 3.76. The number of aliphatic carboxylic acids is 2. The van der Waals surface area contributed by atoms with Crippen LogP contribution in [0.1, 0.15) is 11.1 Å². The van der Waals surface area contributed by atoms with E-state index in [1.165, 1.54) is 50.6 Å². The molecule has 0 fully saturated rings. The fraction of sp³-hybridized carbons (Fsp3) is 0.100. The topological polar surface area (TPSA) is 134 Å². The first-order valence-corrected chi connectivity index (χ1v) is 7.91. The highest BCUT2D eigenvalue weighted by Gasteiger charge is 2.18. The first kappa shape index (κ1) is 20.4. The van der Waals surface area contributed by atoms with Crippen molar-refractivity contribution >= 4 is 24.1 Å². The van der Waals surface area contributed by atoms with Gasteiger partial charge in [-0.2, -0.15) is 0 Å². The van der Waals surface area contributed by atoms with Crippen molar-refractivity contribution in [1.82, 2.24) is 0 Å². The molecular formula is C20H18O8. The van der Waals surface area contributed by atoms with E-state index in [4.69, 9.17) is 19.7 Å². The molecule has 0 atom stereocenters. The van der Waals surface area contributed by atoms with E-state index >= 15 is 0 Å². The Morgan fingerprint density at radius 2 is 1.11 bits per heavy atom. The maximum absolute atomic E-state index is 10.8. The summed E-state index contributed by atoms with van der Waals surface area (Å²) in [7, 11) is 2.66. The van der Waals surface area contributed by atoms with Crippen LogP contribution < -0.4 is 9.47 Å². The number of phenols is 2. The van der Waals surface area contributed by atoms with Gasteiger partial charge in [-0.3, -0.25) is 0 Å². The van der Waals surface area contributed by atoms with Crippen LogP contribution in [0.4, 0.5) is 0 Å². The monoisotopic (exact) mass is 388 g/mol. The average Bonchev–Trinajstić information content (AvgIpc) is 2.66. The van der Waals surface area contributed by atoms with Gasteiger partial charge in [0.25, 0.3) is 0 Å². The molecule has 4 N–H and O–H groups in total. The zero-order valence-electron chi connectivity index (χ0n) is 15.0. The van der Waals surface area contributed by atoms with Gasteiger partial charge in [-0.15, -0.1) is 0 Å². The minimum absolute atomic E-state index is 0.0624. The van der Waals surface area contributed by atoms with Gasteiger partial charge in [0.1, 0.15) is 0 Å². The van der Waals surface area contributed by atoms with Crippen LogP contribution in [0.3, 0.4) is 0 Å². The quantitative estimate of drug-likeness (QED) is 0.420. The third kappa shape index (κ3) is 4.61. The van der Waals surface area contributed by atoms with Crippen molar-refractivity contribution in [1.29, 1.82) is 0 Å². The van der Waals surface area contributed by atoms with Crippen molar-refractivity contribution in [3.8, 4) is 34.1 Å². The number of ether oxygens (including phenoxy) is 2. The predicted octanol–water partition coefficient (Wildman–Crippen LogP) is 2.98. The lowest BCUT2D eigenvalue weighted by atomic mass is 9.97. The molecule has 0 heterocycles. The lowest BCUT2D eigenvalue weighted by Crippen LogP contribution is -1.93. The van der Waals surface area contributed by atoms with Gasteiger partial charge in [0.2, 0.25) is 0 Å². The number of carboxylic acid groups (broad SMARTS) is 2. The average molecular weight is 388 g/mol. The Kier molecular flexibility index (Phi) is 6.28. The molecule has 146 valence electrons. The number of carbonyl (C=O) groups is 2. The molecule has 0 aromatic heterocycles. The Hall–Kier alpha value is -3.94. The van der Waals surface area contributed by atoms with Crippen LogP contribution in [-0.4, -0.2) is 46.6 Å². The van der Waals surface area contributed by atoms with E-state index in [2.05, 4.69) is 0 Å². The fourth-order valence-corrected chi connectivity index (χ4v) is 2.51. The van der Waals surface area contributed by atoms with Crippen molar-refractivity contribution < 1.29 is 39.5 Å². The van der Waals surface area contributed by atoms with Gasteiger partial charge in [0.15, 0.2) is 23.0 Å². The van der Waals surface area contributed by atoms with Crippen LogP contribution in [0.25, 0.3) is 23.3 Å². The molecule has 0 unspecified atom stereocenters. The van der Waals surface area contributed by atoms with Crippen LogP contribution in [0, 0.1) is 0 Å². The van der Waals surface area contributed by atoms with Crippen LogP contribution in [-0.2, 0) is 9.59 Å². The van der Waals surface area contributed by atoms with Gasteiger partial charge in [-0.25, -0.2) is 9.59 Å². The maximum Gasteiger partial charge on any atom is 0.328 e. The highest BCUT2D eigenvalue weighted by atomic mass is 16.5. The van der Waals surface area contributed by atoms with Gasteiger partial charge >= 0.3 is 11.9 Å². The number of phenolic OH excluding ortho intramolecular Hbond substituents is 2.